The van der Waals surface area contributed by atoms with E-state index in [4.69, 9.17) is 4.74 Å². The third kappa shape index (κ3) is 2.75. The summed E-state index contributed by atoms with van der Waals surface area (Å²) < 4.78 is 18.8. The van der Waals surface area contributed by atoms with E-state index in [1.807, 2.05) is 13.0 Å². The predicted molar refractivity (Wildman–Crippen MR) is 64.2 cm³/mol. The van der Waals surface area contributed by atoms with Gasteiger partial charge in [0.2, 0.25) is 0 Å². The minimum atomic E-state index is -0.118. The molecule has 0 saturated carbocycles. The van der Waals surface area contributed by atoms with Crippen molar-refractivity contribution in [1.29, 1.82) is 0 Å². The summed E-state index contributed by atoms with van der Waals surface area (Å²) in [6.45, 7) is 5.14. The minimum absolute atomic E-state index is 0.118. The van der Waals surface area contributed by atoms with Crippen LogP contribution in [0.5, 0.6) is 0 Å². The number of benzene rings is 1. The molecular weight excluding hydrogens is 225 g/mol. The van der Waals surface area contributed by atoms with E-state index in [9.17, 15) is 4.39 Å². The molecule has 2 rings (SSSR count). The van der Waals surface area contributed by atoms with Crippen LogP contribution in [-0.4, -0.2) is 25.0 Å². The summed E-state index contributed by atoms with van der Waals surface area (Å²) in [5, 5.41) is 3.64. The first kappa shape index (κ1) is 11.9. The van der Waals surface area contributed by atoms with Gasteiger partial charge in [0.25, 0.3) is 0 Å². The molecule has 2 nitrogen and oxygen atoms in total. The summed E-state index contributed by atoms with van der Waals surface area (Å²) in [6, 6.07) is 5.27. The number of halogens is 1. The first-order valence-corrected chi connectivity index (χ1v) is 6.41. The highest BCUT2D eigenvalue weighted by Gasteiger charge is 2.22. The summed E-state index contributed by atoms with van der Waals surface area (Å²) in [5.74, 6) is -0.118. The van der Waals surface area contributed by atoms with E-state index >= 15 is 0 Å². The normalized spacial score (nSPS) is 16.1. The Labute approximate surface area is 99.6 Å². The van der Waals surface area contributed by atoms with Crippen molar-refractivity contribution >= 4 is 11.8 Å². The van der Waals surface area contributed by atoms with Crippen LogP contribution in [0.25, 0.3) is 0 Å². The number of rotatable bonds is 5. The van der Waals surface area contributed by atoms with Gasteiger partial charge in [0.05, 0.1) is 18.5 Å². The van der Waals surface area contributed by atoms with Crippen LogP contribution in [0.1, 0.15) is 12.5 Å². The minimum Gasteiger partial charge on any atom is -0.379 e. The molecule has 0 atom stereocenters. The maximum Gasteiger partial charge on any atom is 0.137 e. The highest BCUT2D eigenvalue weighted by Crippen LogP contribution is 2.32. The van der Waals surface area contributed by atoms with Gasteiger partial charge in [0, 0.05) is 11.4 Å². The van der Waals surface area contributed by atoms with Crippen molar-refractivity contribution in [3.63, 3.8) is 0 Å². The molecular formula is C12H16FNOS. The smallest absolute Gasteiger partial charge is 0.137 e. The van der Waals surface area contributed by atoms with Crippen molar-refractivity contribution in [3.8, 4) is 0 Å². The fourth-order valence-corrected chi connectivity index (χ4v) is 2.67. The van der Waals surface area contributed by atoms with Crippen molar-refractivity contribution in [2.45, 2.75) is 23.6 Å². The Bertz CT molecular complexity index is 355. The molecule has 1 fully saturated rings. The summed E-state index contributed by atoms with van der Waals surface area (Å²) >= 11 is 1.59. The van der Waals surface area contributed by atoms with E-state index in [0.717, 1.165) is 36.8 Å². The van der Waals surface area contributed by atoms with Gasteiger partial charge in [0.1, 0.15) is 5.82 Å². The fraction of sp³-hybridized carbons (Fsp3) is 0.500. The summed E-state index contributed by atoms with van der Waals surface area (Å²) in [4.78, 5) is 0.775. The second-order valence-electron chi connectivity index (χ2n) is 3.79. The van der Waals surface area contributed by atoms with E-state index < -0.39 is 0 Å². The van der Waals surface area contributed by atoms with Crippen molar-refractivity contribution in [1.82, 2.24) is 5.32 Å². The molecule has 1 aromatic rings. The van der Waals surface area contributed by atoms with E-state index in [1.54, 1.807) is 17.8 Å². The average Bonchev–Trinajstić information content (AvgIpc) is 2.22. The fourth-order valence-electron chi connectivity index (χ4n) is 1.53. The van der Waals surface area contributed by atoms with Gasteiger partial charge in [-0.15, -0.1) is 11.8 Å². The zero-order valence-electron chi connectivity index (χ0n) is 9.33. The second kappa shape index (κ2) is 5.66. The number of hydrogen-bond donors (Lipinski definition) is 1. The topological polar surface area (TPSA) is 21.3 Å². The first-order valence-electron chi connectivity index (χ1n) is 5.53. The van der Waals surface area contributed by atoms with Crippen LogP contribution in [0.2, 0.25) is 0 Å². The lowest BCUT2D eigenvalue weighted by molar-refractivity contribution is 0.0454. The largest absolute Gasteiger partial charge is 0.379 e. The van der Waals surface area contributed by atoms with Gasteiger partial charge in [-0.2, -0.15) is 0 Å². The number of hydrogen-bond acceptors (Lipinski definition) is 3. The van der Waals surface area contributed by atoms with Crippen LogP contribution >= 0.6 is 11.8 Å². The van der Waals surface area contributed by atoms with E-state index in [2.05, 4.69) is 5.32 Å². The Morgan fingerprint density at radius 2 is 2.31 bits per heavy atom. The molecule has 0 amide bonds. The molecule has 1 aromatic carbocycles. The number of nitrogens with one attached hydrogen (secondary N) is 1. The molecule has 1 aliphatic rings. The third-order valence-corrected chi connectivity index (χ3v) is 3.80. The summed E-state index contributed by atoms with van der Waals surface area (Å²) in [7, 11) is 0. The Morgan fingerprint density at radius 1 is 1.50 bits per heavy atom. The molecule has 1 aliphatic heterocycles. The molecule has 0 aromatic heterocycles. The SMILES string of the molecule is CCNCc1cccc(F)c1SC1COC1. The molecule has 1 N–H and O–H groups in total. The molecule has 0 radical (unpaired) electrons. The molecule has 4 heteroatoms. The monoisotopic (exact) mass is 241 g/mol. The van der Waals surface area contributed by atoms with E-state index in [0.29, 0.717) is 5.25 Å². The van der Waals surface area contributed by atoms with E-state index in [-0.39, 0.29) is 5.82 Å². The van der Waals surface area contributed by atoms with Gasteiger partial charge < -0.3 is 10.1 Å². The maximum atomic E-state index is 13.7. The van der Waals surface area contributed by atoms with Crippen molar-refractivity contribution < 1.29 is 9.13 Å². The molecule has 1 saturated heterocycles. The lowest BCUT2D eigenvalue weighted by Gasteiger charge is -2.26. The molecule has 0 spiro atoms. The average molecular weight is 241 g/mol. The third-order valence-electron chi connectivity index (χ3n) is 2.51. The van der Waals surface area contributed by atoms with Crippen LogP contribution in [0.3, 0.4) is 0 Å². The Hall–Kier alpha value is -0.580. The lowest BCUT2D eigenvalue weighted by atomic mass is 10.2. The molecule has 0 aliphatic carbocycles. The quantitative estimate of drug-likeness (QED) is 0.855. The molecule has 88 valence electrons. The number of ether oxygens (including phenoxy) is 1. The molecule has 16 heavy (non-hydrogen) atoms. The first-order chi connectivity index (χ1) is 7.81. The van der Waals surface area contributed by atoms with Gasteiger partial charge in [-0.05, 0) is 18.2 Å². The zero-order valence-corrected chi connectivity index (χ0v) is 10.1. The highest BCUT2D eigenvalue weighted by atomic mass is 32.2. The molecule has 0 unspecified atom stereocenters. The maximum absolute atomic E-state index is 13.7. The Morgan fingerprint density at radius 3 is 2.94 bits per heavy atom. The van der Waals surface area contributed by atoms with Crippen LogP contribution in [-0.2, 0) is 11.3 Å². The zero-order chi connectivity index (χ0) is 11.4. The summed E-state index contributed by atoms with van der Waals surface area (Å²) in [6.07, 6.45) is 0. The predicted octanol–water partition coefficient (Wildman–Crippen LogP) is 2.43. The van der Waals surface area contributed by atoms with Crippen LogP contribution in [0, 0.1) is 5.82 Å². The van der Waals surface area contributed by atoms with Gasteiger partial charge in [-0.3, -0.25) is 0 Å². The highest BCUT2D eigenvalue weighted by molar-refractivity contribution is 8.00. The lowest BCUT2D eigenvalue weighted by Crippen LogP contribution is -2.30. The van der Waals surface area contributed by atoms with Crippen molar-refractivity contribution in [3.05, 3.63) is 29.6 Å². The molecule has 0 bridgehead atoms. The standard InChI is InChI=1S/C12H16FNOS/c1-2-14-6-9-4-3-5-11(13)12(9)16-10-7-15-8-10/h3-5,10,14H,2,6-8H2,1H3. The number of thioether (sulfide) groups is 1. The van der Waals surface area contributed by atoms with Crippen LogP contribution in [0.15, 0.2) is 23.1 Å². The van der Waals surface area contributed by atoms with Crippen molar-refractivity contribution in [2.24, 2.45) is 0 Å². The summed E-state index contributed by atoms with van der Waals surface area (Å²) in [5.41, 5.74) is 1.04. The molecule has 1 heterocycles. The Kier molecular flexibility index (Phi) is 4.21. The van der Waals surface area contributed by atoms with Gasteiger partial charge in [-0.25, -0.2) is 4.39 Å². The van der Waals surface area contributed by atoms with Crippen LogP contribution < -0.4 is 5.32 Å². The van der Waals surface area contributed by atoms with Crippen LogP contribution in [0.4, 0.5) is 4.39 Å². The van der Waals surface area contributed by atoms with Gasteiger partial charge in [0.15, 0.2) is 0 Å². The van der Waals surface area contributed by atoms with Gasteiger partial charge in [-0.1, -0.05) is 19.1 Å². The van der Waals surface area contributed by atoms with Crippen molar-refractivity contribution in [2.75, 3.05) is 19.8 Å². The Balaban J connectivity index is 2.11. The second-order valence-corrected chi connectivity index (χ2v) is 5.10. The van der Waals surface area contributed by atoms with Gasteiger partial charge >= 0.3 is 0 Å². The van der Waals surface area contributed by atoms with E-state index in [1.165, 1.54) is 6.07 Å².